The molecule has 0 bridgehead atoms. The highest BCUT2D eigenvalue weighted by Gasteiger charge is 2.22. The highest BCUT2D eigenvalue weighted by Crippen LogP contribution is 2.33. The Bertz CT molecular complexity index is 68.5. The lowest BCUT2D eigenvalue weighted by molar-refractivity contribution is 0.550. The van der Waals surface area contributed by atoms with Crippen LogP contribution in [0.25, 0.3) is 0 Å². The predicted molar refractivity (Wildman–Crippen MR) is 39.8 cm³/mol. The largest absolute Gasteiger partial charge is 0.0856 e. The molecule has 0 N–H and O–H groups in total. The van der Waals surface area contributed by atoms with Crippen LogP contribution in [0.4, 0.5) is 0 Å². The monoisotopic (exact) mass is 174 g/mol. The summed E-state index contributed by atoms with van der Waals surface area (Å²) >= 11 is 3.64. The summed E-state index contributed by atoms with van der Waals surface area (Å²) in [6.45, 7) is 2.25. The second-order valence-electron chi connectivity index (χ2n) is 2.63. The summed E-state index contributed by atoms with van der Waals surface area (Å²) in [6, 6.07) is 0. The molecular formula is C7H11Br. The summed E-state index contributed by atoms with van der Waals surface area (Å²) in [6.07, 6.45) is 8.21. The van der Waals surface area contributed by atoms with Crippen molar-refractivity contribution in [2.45, 2.75) is 30.5 Å². The summed E-state index contributed by atoms with van der Waals surface area (Å²) in [4.78, 5) is 0. The van der Waals surface area contributed by atoms with Crippen LogP contribution < -0.4 is 0 Å². The first-order chi connectivity index (χ1) is 3.71. The van der Waals surface area contributed by atoms with Crippen LogP contribution in [0.15, 0.2) is 0 Å². The highest BCUT2D eigenvalue weighted by molar-refractivity contribution is 9.10. The van der Waals surface area contributed by atoms with Gasteiger partial charge in [-0.1, -0.05) is 15.9 Å². The van der Waals surface area contributed by atoms with Gasteiger partial charge in [0.2, 0.25) is 0 Å². The standard InChI is InChI=1S/C7H11Br/c1-7(8)5-3-2-4-6-7/h2-3H,4-6H2,1H3. The lowest BCUT2D eigenvalue weighted by Gasteiger charge is -2.26. The van der Waals surface area contributed by atoms with Crippen molar-refractivity contribution in [2.75, 3.05) is 0 Å². The number of alkyl halides is 1. The Labute approximate surface area is 59.8 Å². The summed E-state index contributed by atoms with van der Waals surface area (Å²) in [5.41, 5.74) is 0. The normalized spacial score (nSPS) is 27.8. The van der Waals surface area contributed by atoms with E-state index in [9.17, 15) is 0 Å². The Morgan fingerprint density at radius 3 is 2.50 bits per heavy atom. The fraction of sp³-hybridized carbons (Fsp3) is 0.714. The van der Waals surface area contributed by atoms with E-state index in [-0.39, 0.29) is 0 Å². The van der Waals surface area contributed by atoms with Gasteiger partial charge in [-0.3, -0.25) is 0 Å². The molecule has 0 aliphatic heterocycles. The van der Waals surface area contributed by atoms with Gasteiger partial charge in [-0.2, -0.15) is 0 Å². The van der Waals surface area contributed by atoms with Crippen molar-refractivity contribution in [2.24, 2.45) is 0 Å². The van der Waals surface area contributed by atoms with E-state index in [0.29, 0.717) is 4.32 Å². The van der Waals surface area contributed by atoms with Crippen molar-refractivity contribution in [3.05, 3.63) is 12.8 Å². The number of hydrogen-bond acceptors (Lipinski definition) is 0. The van der Waals surface area contributed by atoms with E-state index in [4.69, 9.17) is 0 Å². The molecule has 2 radical (unpaired) electrons. The molecular weight excluding hydrogens is 164 g/mol. The van der Waals surface area contributed by atoms with Crippen LogP contribution in [-0.2, 0) is 0 Å². The third-order valence-electron chi connectivity index (χ3n) is 1.54. The second-order valence-corrected chi connectivity index (χ2v) is 4.54. The fourth-order valence-corrected chi connectivity index (χ4v) is 1.35. The SMILES string of the molecule is CC1(Br)C[CH][CH]CC1. The molecule has 0 saturated heterocycles. The molecule has 0 aromatic carbocycles. The van der Waals surface area contributed by atoms with E-state index >= 15 is 0 Å². The number of halogens is 1. The van der Waals surface area contributed by atoms with Crippen molar-refractivity contribution >= 4 is 15.9 Å². The first-order valence-corrected chi connectivity index (χ1v) is 3.84. The minimum Gasteiger partial charge on any atom is -0.0856 e. The molecule has 1 rings (SSSR count). The molecule has 0 amide bonds. The fourth-order valence-electron chi connectivity index (χ4n) is 0.933. The summed E-state index contributed by atoms with van der Waals surface area (Å²) in [5, 5.41) is 0. The maximum Gasteiger partial charge on any atom is 0.0232 e. The molecule has 1 atom stereocenters. The van der Waals surface area contributed by atoms with Crippen molar-refractivity contribution in [1.82, 2.24) is 0 Å². The van der Waals surface area contributed by atoms with Gasteiger partial charge in [-0.25, -0.2) is 0 Å². The van der Waals surface area contributed by atoms with Crippen molar-refractivity contribution in [3.63, 3.8) is 0 Å². The van der Waals surface area contributed by atoms with Crippen LogP contribution >= 0.6 is 15.9 Å². The Kier molecular flexibility index (Phi) is 1.97. The molecule has 0 spiro atoms. The molecule has 1 saturated carbocycles. The molecule has 1 heteroatoms. The summed E-state index contributed by atoms with van der Waals surface area (Å²) in [7, 11) is 0. The third-order valence-corrected chi connectivity index (χ3v) is 2.26. The van der Waals surface area contributed by atoms with Crippen LogP contribution in [0, 0.1) is 12.8 Å². The van der Waals surface area contributed by atoms with E-state index in [1.54, 1.807) is 0 Å². The van der Waals surface area contributed by atoms with Gasteiger partial charge >= 0.3 is 0 Å². The van der Waals surface area contributed by atoms with Gasteiger partial charge in [-0.15, -0.1) is 0 Å². The van der Waals surface area contributed by atoms with Crippen molar-refractivity contribution in [3.8, 4) is 0 Å². The minimum atomic E-state index is 0.405. The number of rotatable bonds is 0. The molecule has 0 nitrogen and oxygen atoms in total. The van der Waals surface area contributed by atoms with Crippen molar-refractivity contribution < 1.29 is 0 Å². The van der Waals surface area contributed by atoms with Gasteiger partial charge in [0, 0.05) is 4.32 Å². The van der Waals surface area contributed by atoms with Gasteiger partial charge in [0.1, 0.15) is 0 Å². The topological polar surface area (TPSA) is 0 Å². The molecule has 1 aliphatic rings. The molecule has 46 valence electrons. The van der Waals surface area contributed by atoms with E-state index in [2.05, 4.69) is 35.7 Å². The third kappa shape index (κ3) is 1.77. The molecule has 0 heterocycles. The lowest BCUT2D eigenvalue weighted by atomic mass is 9.91. The zero-order valence-electron chi connectivity index (χ0n) is 5.15. The van der Waals surface area contributed by atoms with Gasteiger partial charge in [0.15, 0.2) is 0 Å². The predicted octanol–water partition coefficient (Wildman–Crippen LogP) is 2.73. The van der Waals surface area contributed by atoms with E-state index < -0.39 is 0 Å². The maximum atomic E-state index is 3.64. The zero-order chi connectivity index (χ0) is 6.04. The van der Waals surface area contributed by atoms with Gasteiger partial charge in [0.05, 0.1) is 0 Å². The lowest BCUT2D eigenvalue weighted by Crippen LogP contribution is -2.19. The Balaban J connectivity index is 2.33. The Morgan fingerprint density at radius 1 is 1.50 bits per heavy atom. The average Bonchev–Trinajstić information content (AvgIpc) is 1.65. The number of hydrogen-bond donors (Lipinski definition) is 0. The van der Waals surface area contributed by atoms with Gasteiger partial charge in [0.25, 0.3) is 0 Å². The summed E-state index contributed by atoms with van der Waals surface area (Å²) < 4.78 is 0.405. The quantitative estimate of drug-likeness (QED) is 0.496. The minimum absolute atomic E-state index is 0.405. The average molecular weight is 175 g/mol. The zero-order valence-corrected chi connectivity index (χ0v) is 6.74. The van der Waals surface area contributed by atoms with Gasteiger partial charge in [-0.05, 0) is 39.0 Å². The maximum absolute atomic E-state index is 3.64. The molecule has 0 aromatic heterocycles. The van der Waals surface area contributed by atoms with Crippen LogP contribution in [0.5, 0.6) is 0 Å². The van der Waals surface area contributed by atoms with Crippen LogP contribution in [-0.4, -0.2) is 4.32 Å². The second kappa shape index (κ2) is 2.38. The van der Waals surface area contributed by atoms with E-state index in [0.717, 1.165) is 0 Å². The molecule has 1 fully saturated rings. The van der Waals surface area contributed by atoms with Crippen LogP contribution in [0.3, 0.4) is 0 Å². The molecule has 0 aromatic rings. The van der Waals surface area contributed by atoms with E-state index in [1.807, 2.05) is 0 Å². The smallest absolute Gasteiger partial charge is 0.0232 e. The summed E-state index contributed by atoms with van der Waals surface area (Å²) in [5.74, 6) is 0. The first-order valence-electron chi connectivity index (χ1n) is 3.05. The van der Waals surface area contributed by atoms with Gasteiger partial charge < -0.3 is 0 Å². The molecule has 8 heavy (non-hydrogen) atoms. The first kappa shape index (κ1) is 6.60. The molecule has 1 aliphatic carbocycles. The molecule has 1 unspecified atom stereocenters. The van der Waals surface area contributed by atoms with Crippen molar-refractivity contribution in [1.29, 1.82) is 0 Å². The highest BCUT2D eigenvalue weighted by atomic mass is 79.9. The van der Waals surface area contributed by atoms with Crippen LogP contribution in [0.2, 0.25) is 0 Å². The van der Waals surface area contributed by atoms with Crippen LogP contribution in [0.1, 0.15) is 26.2 Å². The van der Waals surface area contributed by atoms with E-state index in [1.165, 1.54) is 19.3 Å². The Morgan fingerprint density at radius 2 is 2.25 bits per heavy atom. The Hall–Kier alpha value is 0.480.